The topological polar surface area (TPSA) is 107 Å². The van der Waals surface area contributed by atoms with E-state index >= 15 is 0 Å². The monoisotopic (exact) mass is 522 g/mol. The molecule has 10 heteroatoms. The van der Waals surface area contributed by atoms with E-state index in [1.165, 1.54) is 41.8 Å². The molecule has 0 aliphatic carbocycles. The number of hydrogen-bond acceptors (Lipinski definition) is 8. The summed E-state index contributed by atoms with van der Waals surface area (Å²) < 4.78 is 6.46. The van der Waals surface area contributed by atoms with Crippen molar-refractivity contribution in [1.29, 1.82) is 0 Å². The van der Waals surface area contributed by atoms with Crippen molar-refractivity contribution < 1.29 is 14.5 Å². The van der Waals surface area contributed by atoms with Crippen LogP contribution in [0.2, 0.25) is 0 Å². The highest BCUT2D eigenvalue weighted by Gasteiger charge is 2.13. The number of hydrogen-bond donors (Lipinski definition) is 1. The van der Waals surface area contributed by atoms with Crippen LogP contribution in [0.3, 0.4) is 0 Å². The first-order chi connectivity index (χ1) is 16.0. The molecule has 4 rings (SSSR count). The van der Waals surface area contributed by atoms with Gasteiger partial charge in [-0.05, 0) is 36.4 Å². The lowest BCUT2D eigenvalue weighted by atomic mass is 10.2. The number of anilines is 1. The smallest absolute Gasteiger partial charge is 0.343 e. The summed E-state index contributed by atoms with van der Waals surface area (Å²) in [6.45, 7) is 0. The van der Waals surface area contributed by atoms with Crippen LogP contribution < -0.4 is 10.2 Å². The Balaban J connectivity index is 1.43. The summed E-state index contributed by atoms with van der Waals surface area (Å²) in [6.07, 6.45) is 1.53. The van der Waals surface area contributed by atoms with Crippen LogP contribution in [-0.4, -0.2) is 22.1 Å². The van der Waals surface area contributed by atoms with Gasteiger partial charge in [-0.15, -0.1) is 11.3 Å². The van der Waals surface area contributed by atoms with Gasteiger partial charge >= 0.3 is 5.97 Å². The molecule has 8 nitrogen and oxygen atoms in total. The molecule has 0 amide bonds. The predicted octanol–water partition coefficient (Wildman–Crippen LogP) is 6.15. The molecule has 0 spiro atoms. The van der Waals surface area contributed by atoms with E-state index in [2.05, 4.69) is 31.4 Å². The molecule has 0 radical (unpaired) electrons. The van der Waals surface area contributed by atoms with E-state index in [0.29, 0.717) is 16.4 Å². The van der Waals surface area contributed by atoms with E-state index in [-0.39, 0.29) is 11.3 Å². The molecule has 0 fully saturated rings. The zero-order chi connectivity index (χ0) is 23.2. The Kier molecular flexibility index (Phi) is 6.86. The molecule has 33 heavy (non-hydrogen) atoms. The summed E-state index contributed by atoms with van der Waals surface area (Å²) in [5.74, 6) is -0.320. The summed E-state index contributed by atoms with van der Waals surface area (Å²) >= 11 is 4.83. The molecule has 0 bridgehead atoms. The van der Waals surface area contributed by atoms with Gasteiger partial charge in [0.1, 0.15) is 5.75 Å². The van der Waals surface area contributed by atoms with Crippen molar-refractivity contribution in [1.82, 2.24) is 4.98 Å². The molecule has 0 aliphatic rings. The summed E-state index contributed by atoms with van der Waals surface area (Å²) in [6, 6.07) is 20.0. The average Bonchev–Trinajstić information content (AvgIpc) is 3.29. The minimum Gasteiger partial charge on any atom is -0.422 e. The number of para-hydroxylation sites is 1. The molecule has 1 aromatic heterocycles. The van der Waals surface area contributed by atoms with Crippen molar-refractivity contribution in [3.8, 4) is 17.0 Å². The van der Waals surface area contributed by atoms with Gasteiger partial charge in [-0.25, -0.2) is 9.78 Å². The fourth-order valence-electron chi connectivity index (χ4n) is 2.79. The summed E-state index contributed by atoms with van der Waals surface area (Å²) in [7, 11) is 0. The molecular formula is C23H15BrN4O4S. The molecule has 4 aromatic rings. The van der Waals surface area contributed by atoms with Crippen LogP contribution in [-0.2, 0) is 0 Å². The first-order valence-electron chi connectivity index (χ1n) is 9.56. The molecule has 0 atom stereocenters. The molecule has 0 unspecified atom stereocenters. The number of benzene rings is 3. The third-order valence-electron chi connectivity index (χ3n) is 4.44. The maximum Gasteiger partial charge on any atom is 0.343 e. The Morgan fingerprint density at radius 1 is 1.09 bits per heavy atom. The second-order valence-corrected chi connectivity index (χ2v) is 8.42. The maximum absolute atomic E-state index is 12.4. The minimum atomic E-state index is -0.627. The van der Waals surface area contributed by atoms with E-state index in [0.717, 1.165) is 15.7 Å². The van der Waals surface area contributed by atoms with Crippen molar-refractivity contribution in [2.24, 2.45) is 5.10 Å². The Morgan fingerprint density at radius 2 is 1.82 bits per heavy atom. The third-order valence-corrected chi connectivity index (χ3v) is 5.72. The number of aromatic nitrogens is 1. The predicted molar refractivity (Wildman–Crippen MR) is 131 cm³/mol. The van der Waals surface area contributed by atoms with Crippen LogP contribution in [0.25, 0.3) is 11.3 Å². The number of carbonyl (C=O) groups excluding carboxylic acids is 1. The standard InChI is InChI=1S/C23H15BrN4O4S/c24-18-9-5-15(6-10-18)20-14-33-23(26-20)27-25-13-17-3-1-2-4-21(17)32-22(29)16-7-11-19(12-8-16)28(30)31/h1-14H,(H,26,27)/b25-13-. The second-order valence-electron chi connectivity index (χ2n) is 6.65. The van der Waals surface area contributed by atoms with E-state index in [1.807, 2.05) is 29.6 Å². The lowest BCUT2D eigenvalue weighted by Gasteiger charge is -2.07. The molecule has 1 heterocycles. The number of non-ortho nitro benzene ring substituents is 1. The normalized spacial score (nSPS) is 10.8. The van der Waals surface area contributed by atoms with Crippen molar-refractivity contribution in [2.45, 2.75) is 0 Å². The zero-order valence-electron chi connectivity index (χ0n) is 16.8. The lowest BCUT2D eigenvalue weighted by Crippen LogP contribution is -2.10. The lowest BCUT2D eigenvalue weighted by molar-refractivity contribution is -0.384. The number of rotatable bonds is 7. The van der Waals surface area contributed by atoms with Gasteiger partial charge in [0.2, 0.25) is 5.13 Å². The van der Waals surface area contributed by atoms with Gasteiger partial charge < -0.3 is 4.74 Å². The first kappa shape index (κ1) is 22.3. The molecule has 0 saturated carbocycles. The highest BCUT2D eigenvalue weighted by Crippen LogP contribution is 2.26. The number of thiazole rings is 1. The SMILES string of the molecule is O=C(Oc1ccccc1/C=N\Nc1nc(-c2ccc(Br)cc2)cs1)c1ccc([N+](=O)[O-])cc1. The number of hydrazone groups is 1. The van der Waals surface area contributed by atoms with E-state index in [9.17, 15) is 14.9 Å². The van der Waals surface area contributed by atoms with Crippen molar-refractivity contribution >= 4 is 50.3 Å². The Bertz CT molecular complexity index is 1320. The van der Waals surface area contributed by atoms with Gasteiger partial charge in [-0.1, -0.05) is 40.2 Å². The number of nitro groups is 1. The van der Waals surface area contributed by atoms with E-state index < -0.39 is 10.9 Å². The third kappa shape index (κ3) is 5.68. The van der Waals surface area contributed by atoms with Gasteiger partial charge in [-0.2, -0.15) is 5.10 Å². The van der Waals surface area contributed by atoms with Gasteiger partial charge in [0, 0.05) is 33.1 Å². The van der Waals surface area contributed by atoms with Crippen LogP contribution in [0.1, 0.15) is 15.9 Å². The molecule has 0 saturated heterocycles. The Hall–Kier alpha value is -3.89. The number of carbonyl (C=O) groups is 1. The molecule has 3 aromatic carbocycles. The highest BCUT2D eigenvalue weighted by molar-refractivity contribution is 9.10. The number of halogens is 1. The van der Waals surface area contributed by atoms with Crippen molar-refractivity contribution in [3.05, 3.63) is 104 Å². The highest BCUT2D eigenvalue weighted by atomic mass is 79.9. The molecule has 164 valence electrons. The van der Waals surface area contributed by atoms with Crippen LogP contribution in [0, 0.1) is 10.1 Å². The zero-order valence-corrected chi connectivity index (χ0v) is 19.2. The number of nitrogens with zero attached hydrogens (tertiary/aromatic N) is 3. The van der Waals surface area contributed by atoms with Crippen molar-refractivity contribution in [3.63, 3.8) is 0 Å². The summed E-state index contributed by atoms with van der Waals surface area (Å²) in [5.41, 5.74) is 5.39. The van der Waals surface area contributed by atoms with Crippen LogP contribution >= 0.6 is 27.3 Å². The molecule has 1 N–H and O–H groups in total. The van der Waals surface area contributed by atoms with Gasteiger partial charge in [0.05, 0.1) is 22.4 Å². The second kappa shape index (κ2) is 10.2. The maximum atomic E-state index is 12.4. The fourth-order valence-corrected chi connectivity index (χ4v) is 3.73. The van der Waals surface area contributed by atoms with Gasteiger partial charge in [0.15, 0.2) is 0 Å². The van der Waals surface area contributed by atoms with E-state index in [4.69, 9.17) is 4.74 Å². The number of nitro benzene ring substituents is 1. The summed E-state index contributed by atoms with van der Waals surface area (Å²) in [5, 5.41) is 17.5. The quantitative estimate of drug-likeness (QED) is 0.102. The first-order valence-corrected chi connectivity index (χ1v) is 11.2. The van der Waals surface area contributed by atoms with Crippen molar-refractivity contribution in [2.75, 3.05) is 5.43 Å². The van der Waals surface area contributed by atoms with Crippen LogP contribution in [0.15, 0.2) is 87.8 Å². The van der Waals surface area contributed by atoms with Gasteiger partial charge in [-0.3, -0.25) is 15.5 Å². The van der Waals surface area contributed by atoms with E-state index in [1.54, 1.807) is 24.3 Å². The van der Waals surface area contributed by atoms with Crippen LogP contribution in [0.4, 0.5) is 10.8 Å². The number of nitrogens with one attached hydrogen (secondary N) is 1. The Morgan fingerprint density at radius 3 is 2.55 bits per heavy atom. The minimum absolute atomic E-state index is 0.101. The molecular weight excluding hydrogens is 508 g/mol. The number of esters is 1. The van der Waals surface area contributed by atoms with Crippen LogP contribution in [0.5, 0.6) is 5.75 Å². The molecule has 0 aliphatic heterocycles. The van der Waals surface area contributed by atoms with Gasteiger partial charge in [0.25, 0.3) is 5.69 Å². The Labute approximate surface area is 200 Å². The fraction of sp³-hybridized carbons (Fsp3) is 0. The largest absolute Gasteiger partial charge is 0.422 e. The number of ether oxygens (including phenoxy) is 1. The summed E-state index contributed by atoms with van der Waals surface area (Å²) in [4.78, 5) is 27.2. The average molecular weight is 523 g/mol.